The number of nitrogens with one attached hydrogen (secondary N) is 1. The summed E-state index contributed by atoms with van der Waals surface area (Å²) in [6.45, 7) is 4.65. The lowest BCUT2D eigenvalue weighted by Crippen LogP contribution is -2.33. The number of halogens is 3. The van der Waals surface area contributed by atoms with Gasteiger partial charge in [0.05, 0.1) is 5.56 Å². The SMILES string of the molecule is CCN1CCC(c2ccc(-c3cc4c(c(C(F)(F)F)c3)CN(CC(=O)Nc3nccs3)C4=O)cc2)CC1. The molecule has 1 N–H and O–H groups in total. The third-order valence-corrected chi connectivity index (χ3v) is 7.87. The molecule has 0 radical (unpaired) electrons. The Labute approximate surface area is 217 Å². The highest BCUT2D eigenvalue weighted by atomic mass is 32.1. The van der Waals surface area contributed by atoms with Gasteiger partial charge in [0.25, 0.3) is 5.91 Å². The summed E-state index contributed by atoms with van der Waals surface area (Å²) >= 11 is 1.22. The van der Waals surface area contributed by atoms with E-state index >= 15 is 0 Å². The number of thiazole rings is 1. The zero-order chi connectivity index (χ0) is 26.2. The van der Waals surface area contributed by atoms with Crippen LogP contribution in [0.5, 0.6) is 0 Å². The van der Waals surface area contributed by atoms with E-state index in [1.807, 2.05) is 24.3 Å². The third-order valence-electron chi connectivity index (χ3n) is 7.19. The minimum absolute atomic E-state index is 0.0112. The largest absolute Gasteiger partial charge is 0.416 e. The first kappa shape index (κ1) is 25.4. The Bertz CT molecular complexity index is 1280. The van der Waals surface area contributed by atoms with Gasteiger partial charge >= 0.3 is 6.18 Å². The number of alkyl halides is 3. The maximum Gasteiger partial charge on any atom is 0.416 e. The first-order valence-electron chi connectivity index (χ1n) is 12.3. The van der Waals surface area contributed by atoms with Crippen LogP contribution >= 0.6 is 11.3 Å². The van der Waals surface area contributed by atoms with Gasteiger partial charge in [0.1, 0.15) is 6.54 Å². The fraction of sp³-hybridized carbons (Fsp3) is 0.370. The number of rotatable bonds is 6. The van der Waals surface area contributed by atoms with E-state index in [4.69, 9.17) is 0 Å². The summed E-state index contributed by atoms with van der Waals surface area (Å²) in [6, 6.07) is 10.3. The number of hydrogen-bond donors (Lipinski definition) is 1. The maximum absolute atomic E-state index is 14.1. The highest BCUT2D eigenvalue weighted by Crippen LogP contribution is 2.40. The van der Waals surface area contributed by atoms with Gasteiger partial charge in [-0.1, -0.05) is 31.2 Å². The Morgan fingerprint density at radius 1 is 1.14 bits per heavy atom. The molecule has 1 saturated heterocycles. The summed E-state index contributed by atoms with van der Waals surface area (Å²) in [5.41, 5.74) is 1.19. The average Bonchev–Trinajstić information content (AvgIpc) is 3.51. The summed E-state index contributed by atoms with van der Waals surface area (Å²) in [5, 5.41) is 4.62. The number of anilines is 1. The van der Waals surface area contributed by atoms with Gasteiger partial charge in [-0.2, -0.15) is 13.2 Å². The lowest BCUT2D eigenvalue weighted by Gasteiger charge is -2.31. The summed E-state index contributed by atoms with van der Waals surface area (Å²) in [7, 11) is 0. The average molecular weight is 529 g/mol. The predicted molar refractivity (Wildman–Crippen MR) is 136 cm³/mol. The molecule has 1 fully saturated rings. The van der Waals surface area contributed by atoms with Crippen LogP contribution in [-0.2, 0) is 17.5 Å². The van der Waals surface area contributed by atoms with Crippen molar-refractivity contribution in [2.24, 2.45) is 0 Å². The summed E-state index contributed by atoms with van der Waals surface area (Å²) < 4.78 is 42.2. The van der Waals surface area contributed by atoms with E-state index in [0.717, 1.165) is 43.4 Å². The molecule has 2 amide bonds. The molecule has 0 atom stereocenters. The number of carbonyl (C=O) groups is 2. The molecule has 3 heterocycles. The molecule has 10 heteroatoms. The number of carbonyl (C=O) groups excluding carboxylic acids is 2. The molecular formula is C27H27F3N4O2S. The standard InChI is InChI=1S/C27H27F3N4O2S/c1-2-33-10-7-19(8-11-33)17-3-5-18(6-4-17)20-13-21-22(23(14-20)27(28,29)30)15-34(25(21)36)16-24(35)32-26-31-9-12-37-26/h3-6,9,12-14,19H,2,7-8,10-11,15-16H2,1H3,(H,31,32,35). The van der Waals surface area contributed by atoms with Crippen LogP contribution in [0.4, 0.5) is 18.3 Å². The molecule has 0 aliphatic carbocycles. The number of fused-ring (bicyclic) bond motifs is 1. The molecule has 0 spiro atoms. The lowest BCUT2D eigenvalue weighted by atomic mass is 9.88. The summed E-state index contributed by atoms with van der Waals surface area (Å²) in [5.74, 6) is -0.658. The highest BCUT2D eigenvalue weighted by molar-refractivity contribution is 7.13. The quantitative estimate of drug-likeness (QED) is 0.451. The van der Waals surface area contributed by atoms with Gasteiger partial charge < -0.3 is 15.1 Å². The van der Waals surface area contributed by atoms with Crippen molar-refractivity contribution < 1.29 is 22.8 Å². The monoisotopic (exact) mass is 528 g/mol. The van der Waals surface area contributed by atoms with Crippen molar-refractivity contribution in [3.63, 3.8) is 0 Å². The van der Waals surface area contributed by atoms with E-state index in [9.17, 15) is 22.8 Å². The molecule has 5 rings (SSSR count). The number of piperidine rings is 1. The first-order chi connectivity index (χ1) is 17.7. The number of nitrogens with zero attached hydrogens (tertiary/aromatic N) is 3. The van der Waals surface area contributed by atoms with Gasteiger partial charge in [0.15, 0.2) is 5.13 Å². The summed E-state index contributed by atoms with van der Waals surface area (Å²) in [6.07, 6.45) is -0.988. The molecule has 194 valence electrons. The summed E-state index contributed by atoms with van der Waals surface area (Å²) in [4.78, 5) is 32.9. The van der Waals surface area contributed by atoms with Crippen LogP contribution < -0.4 is 5.32 Å². The second kappa shape index (κ2) is 10.3. The Kier molecular flexibility index (Phi) is 7.04. The van der Waals surface area contributed by atoms with Gasteiger partial charge in [-0.25, -0.2) is 4.98 Å². The van der Waals surface area contributed by atoms with E-state index in [1.54, 1.807) is 5.38 Å². The zero-order valence-corrected chi connectivity index (χ0v) is 21.2. The lowest BCUT2D eigenvalue weighted by molar-refractivity contribution is -0.138. The van der Waals surface area contributed by atoms with E-state index in [2.05, 4.69) is 22.1 Å². The van der Waals surface area contributed by atoms with Crippen molar-refractivity contribution in [1.29, 1.82) is 0 Å². The first-order valence-corrected chi connectivity index (χ1v) is 13.2. The Morgan fingerprint density at radius 3 is 2.49 bits per heavy atom. The highest BCUT2D eigenvalue weighted by Gasteiger charge is 2.40. The topological polar surface area (TPSA) is 65.5 Å². The molecule has 6 nitrogen and oxygen atoms in total. The van der Waals surface area contributed by atoms with Gasteiger partial charge in [-0.15, -0.1) is 11.3 Å². The number of aromatic nitrogens is 1. The number of amides is 2. The molecule has 3 aromatic rings. The molecule has 2 aliphatic rings. The Morgan fingerprint density at radius 2 is 1.86 bits per heavy atom. The molecule has 1 aromatic heterocycles. The minimum atomic E-state index is -4.63. The smallest absolute Gasteiger partial charge is 0.325 e. The Balaban J connectivity index is 1.38. The van der Waals surface area contributed by atoms with Crippen molar-refractivity contribution in [2.45, 2.75) is 38.4 Å². The Hall–Kier alpha value is -3.24. The van der Waals surface area contributed by atoms with Crippen LogP contribution in [0.25, 0.3) is 11.1 Å². The van der Waals surface area contributed by atoms with Gasteiger partial charge in [0, 0.05) is 23.7 Å². The zero-order valence-electron chi connectivity index (χ0n) is 20.3. The van der Waals surface area contributed by atoms with Gasteiger partial charge in [0.2, 0.25) is 5.91 Å². The molecule has 0 unspecified atom stereocenters. The van der Waals surface area contributed by atoms with Crippen molar-refractivity contribution in [2.75, 3.05) is 31.5 Å². The van der Waals surface area contributed by atoms with Crippen LogP contribution in [0.2, 0.25) is 0 Å². The maximum atomic E-state index is 14.1. The molecular weight excluding hydrogens is 501 g/mol. The van der Waals surface area contributed by atoms with Crippen molar-refractivity contribution in [3.8, 4) is 11.1 Å². The molecule has 0 bridgehead atoms. The predicted octanol–water partition coefficient (Wildman–Crippen LogP) is 5.62. The van der Waals surface area contributed by atoms with Gasteiger partial charge in [-0.3, -0.25) is 9.59 Å². The van der Waals surface area contributed by atoms with Crippen molar-refractivity contribution in [1.82, 2.24) is 14.8 Å². The number of likely N-dealkylation sites (tertiary alicyclic amines) is 1. The molecule has 0 saturated carbocycles. The second-order valence-electron chi connectivity index (χ2n) is 9.42. The number of hydrogen-bond acceptors (Lipinski definition) is 5. The van der Waals surface area contributed by atoms with Gasteiger partial charge in [-0.05, 0) is 72.8 Å². The normalized spacial score (nSPS) is 16.8. The molecule has 2 aliphatic heterocycles. The van der Waals surface area contributed by atoms with Crippen LogP contribution in [0.3, 0.4) is 0 Å². The van der Waals surface area contributed by atoms with Crippen LogP contribution in [0.15, 0.2) is 48.0 Å². The number of benzene rings is 2. The minimum Gasteiger partial charge on any atom is -0.325 e. The second-order valence-corrected chi connectivity index (χ2v) is 10.3. The van der Waals surface area contributed by atoms with Crippen molar-refractivity contribution >= 4 is 28.3 Å². The van der Waals surface area contributed by atoms with E-state index in [0.29, 0.717) is 22.2 Å². The van der Waals surface area contributed by atoms with Crippen LogP contribution in [0.1, 0.15) is 52.7 Å². The van der Waals surface area contributed by atoms with Crippen LogP contribution in [0, 0.1) is 0 Å². The van der Waals surface area contributed by atoms with E-state index in [1.165, 1.54) is 29.2 Å². The molecule has 2 aromatic carbocycles. The molecule has 37 heavy (non-hydrogen) atoms. The fourth-order valence-corrected chi connectivity index (χ4v) is 5.71. The van der Waals surface area contributed by atoms with Crippen LogP contribution in [-0.4, -0.2) is 52.8 Å². The fourth-order valence-electron chi connectivity index (χ4n) is 5.16. The van der Waals surface area contributed by atoms with E-state index in [-0.39, 0.29) is 24.2 Å². The van der Waals surface area contributed by atoms with Crippen molar-refractivity contribution in [3.05, 3.63) is 70.2 Å². The van der Waals surface area contributed by atoms with E-state index < -0.39 is 23.6 Å². The third kappa shape index (κ3) is 5.40.